The van der Waals surface area contributed by atoms with Gasteiger partial charge in [0.25, 0.3) is 0 Å². The molecule has 58 valence electrons. The van der Waals surface area contributed by atoms with Gasteiger partial charge in [0.1, 0.15) is 6.10 Å². The lowest BCUT2D eigenvalue weighted by Crippen LogP contribution is -2.35. The number of carbonyl (C=O) groups is 1. The number of hydrogen-bond donors (Lipinski definition) is 3. The first-order chi connectivity index (χ1) is 4.63. The number of hydrogen-bond acceptors (Lipinski definition) is 5. The second-order valence-electron chi connectivity index (χ2n) is 1.62. The highest BCUT2D eigenvalue weighted by Crippen LogP contribution is 1.94. The molecule has 0 fully saturated rings. The van der Waals surface area contributed by atoms with Crippen molar-refractivity contribution in [3.05, 3.63) is 4.91 Å². The Morgan fingerprint density at radius 3 is 2.30 bits per heavy atom. The fourth-order valence-corrected chi connectivity index (χ4v) is 0.318. The highest BCUT2D eigenvalue weighted by molar-refractivity contribution is 5.81. The Hall–Kier alpha value is -0.850. The lowest BCUT2D eigenvalue weighted by atomic mass is 10.2. The summed E-state index contributed by atoms with van der Waals surface area (Å²) in [6.07, 6.45) is -3.55. The number of nitroso groups, excluding NO2 is 1. The maximum absolute atomic E-state index is 10.1. The number of nitrogens with zero attached hydrogens (tertiary/aromatic N) is 1. The maximum atomic E-state index is 10.1. The van der Waals surface area contributed by atoms with E-state index in [4.69, 9.17) is 15.3 Å². The monoisotopic (exact) mass is 149 g/mol. The van der Waals surface area contributed by atoms with Crippen LogP contribution in [0.3, 0.4) is 0 Å². The van der Waals surface area contributed by atoms with E-state index < -0.39 is 24.7 Å². The summed E-state index contributed by atoms with van der Waals surface area (Å²) in [6, 6.07) is 0. The molecule has 0 saturated carbocycles. The molecule has 0 bridgehead atoms. The van der Waals surface area contributed by atoms with Crippen LogP contribution in [0.4, 0.5) is 0 Å². The molecule has 0 aromatic carbocycles. The van der Waals surface area contributed by atoms with Crippen molar-refractivity contribution in [1.82, 2.24) is 0 Å². The molecule has 10 heavy (non-hydrogen) atoms. The Kier molecular flexibility index (Phi) is 3.70. The first-order valence-electron chi connectivity index (χ1n) is 2.47. The Labute approximate surface area is 56.1 Å². The fraction of sp³-hybridized carbons (Fsp3) is 0.750. The van der Waals surface area contributed by atoms with E-state index in [-0.39, 0.29) is 0 Å². The number of rotatable bonds is 3. The van der Waals surface area contributed by atoms with Gasteiger partial charge in [-0.1, -0.05) is 0 Å². The molecule has 0 saturated heterocycles. The SMILES string of the molecule is O=NC(=O)C(O)C(O)CO. The lowest BCUT2D eigenvalue weighted by Gasteiger charge is -2.08. The highest BCUT2D eigenvalue weighted by Gasteiger charge is 2.23. The Morgan fingerprint density at radius 1 is 1.50 bits per heavy atom. The van der Waals surface area contributed by atoms with Crippen molar-refractivity contribution < 1.29 is 20.1 Å². The molecule has 0 heterocycles. The summed E-state index contributed by atoms with van der Waals surface area (Å²) in [5.41, 5.74) is 0. The Balaban J connectivity index is 3.93. The first kappa shape index (κ1) is 9.15. The molecular formula is C4H7NO5. The van der Waals surface area contributed by atoms with Gasteiger partial charge in [0.2, 0.25) is 0 Å². The lowest BCUT2D eigenvalue weighted by molar-refractivity contribution is -0.133. The van der Waals surface area contributed by atoms with Gasteiger partial charge in [-0.05, 0) is 0 Å². The first-order valence-corrected chi connectivity index (χ1v) is 2.47. The Bertz CT molecular complexity index is 136. The van der Waals surface area contributed by atoms with Crippen LogP contribution in [-0.4, -0.2) is 40.0 Å². The van der Waals surface area contributed by atoms with Crippen LogP contribution in [0.25, 0.3) is 0 Å². The van der Waals surface area contributed by atoms with Crippen LogP contribution in [0.5, 0.6) is 0 Å². The number of carbonyl (C=O) groups excluding carboxylic acids is 1. The average molecular weight is 149 g/mol. The van der Waals surface area contributed by atoms with Gasteiger partial charge in [-0.15, -0.1) is 4.91 Å². The van der Waals surface area contributed by atoms with Crippen LogP contribution < -0.4 is 0 Å². The molecule has 0 aliphatic rings. The number of aliphatic hydroxyl groups excluding tert-OH is 3. The minimum absolute atomic E-state index is 0.789. The third kappa shape index (κ3) is 2.18. The summed E-state index contributed by atoms with van der Waals surface area (Å²) >= 11 is 0. The largest absolute Gasteiger partial charge is 0.394 e. The van der Waals surface area contributed by atoms with Crippen LogP contribution in [0.2, 0.25) is 0 Å². The zero-order valence-electron chi connectivity index (χ0n) is 4.97. The second-order valence-corrected chi connectivity index (χ2v) is 1.62. The van der Waals surface area contributed by atoms with Gasteiger partial charge in [0, 0.05) is 5.18 Å². The summed E-state index contributed by atoms with van der Waals surface area (Å²) < 4.78 is 0. The Morgan fingerprint density at radius 2 is 2.00 bits per heavy atom. The number of amides is 1. The van der Waals surface area contributed by atoms with Crippen LogP contribution in [0.1, 0.15) is 0 Å². The quantitative estimate of drug-likeness (QED) is 0.402. The molecule has 0 rings (SSSR count). The predicted octanol–water partition coefficient (Wildman–Crippen LogP) is -2.01. The average Bonchev–Trinajstić information content (AvgIpc) is 2.00. The van der Waals surface area contributed by atoms with E-state index in [1.54, 1.807) is 0 Å². The van der Waals surface area contributed by atoms with Crippen LogP contribution in [0.15, 0.2) is 5.18 Å². The van der Waals surface area contributed by atoms with Gasteiger partial charge in [-0.3, -0.25) is 4.79 Å². The smallest absolute Gasteiger partial charge is 0.317 e. The molecule has 6 nitrogen and oxygen atoms in total. The summed E-state index contributed by atoms with van der Waals surface area (Å²) in [5.74, 6) is -1.39. The van der Waals surface area contributed by atoms with Crippen molar-refractivity contribution in [3.8, 4) is 0 Å². The molecule has 6 heteroatoms. The molecule has 0 aliphatic carbocycles. The fourth-order valence-electron chi connectivity index (χ4n) is 0.318. The van der Waals surface area contributed by atoms with Crippen molar-refractivity contribution in [2.75, 3.05) is 6.61 Å². The number of aliphatic hydroxyl groups is 3. The van der Waals surface area contributed by atoms with E-state index in [1.807, 2.05) is 5.18 Å². The van der Waals surface area contributed by atoms with Gasteiger partial charge in [-0.25, -0.2) is 0 Å². The normalized spacial score (nSPS) is 15.9. The second kappa shape index (κ2) is 4.04. The van der Waals surface area contributed by atoms with Crippen molar-refractivity contribution in [2.45, 2.75) is 12.2 Å². The molecular weight excluding hydrogens is 142 g/mol. The molecule has 1 amide bonds. The summed E-state index contributed by atoms with van der Waals surface area (Å²) in [7, 11) is 0. The minimum atomic E-state index is -1.91. The molecule has 2 atom stereocenters. The molecule has 2 unspecified atom stereocenters. The van der Waals surface area contributed by atoms with E-state index in [1.165, 1.54) is 0 Å². The highest BCUT2D eigenvalue weighted by atomic mass is 16.4. The molecule has 0 aliphatic heterocycles. The van der Waals surface area contributed by atoms with Crippen molar-refractivity contribution >= 4 is 5.91 Å². The van der Waals surface area contributed by atoms with E-state index in [0.717, 1.165) is 0 Å². The summed E-state index contributed by atoms with van der Waals surface area (Å²) in [5, 5.41) is 27.0. The zero-order valence-corrected chi connectivity index (χ0v) is 4.97. The van der Waals surface area contributed by atoms with Crippen LogP contribution >= 0.6 is 0 Å². The molecule has 3 N–H and O–H groups in total. The topological polar surface area (TPSA) is 107 Å². The van der Waals surface area contributed by atoms with Crippen LogP contribution in [0, 0.1) is 4.91 Å². The minimum Gasteiger partial charge on any atom is -0.394 e. The van der Waals surface area contributed by atoms with Crippen molar-refractivity contribution in [2.24, 2.45) is 5.18 Å². The van der Waals surface area contributed by atoms with Crippen molar-refractivity contribution in [3.63, 3.8) is 0 Å². The van der Waals surface area contributed by atoms with Gasteiger partial charge >= 0.3 is 5.91 Å². The van der Waals surface area contributed by atoms with Gasteiger partial charge in [-0.2, -0.15) is 0 Å². The third-order valence-electron chi connectivity index (χ3n) is 0.895. The van der Waals surface area contributed by atoms with E-state index in [9.17, 15) is 9.70 Å². The molecule has 0 radical (unpaired) electrons. The standard InChI is InChI=1S/C4H7NO5/c6-1-2(7)3(8)4(9)5-10/h2-3,6-8H,1H2. The van der Waals surface area contributed by atoms with Crippen LogP contribution in [-0.2, 0) is 4.79 Å². The third-order valence-corrected chi connectivity index (χ3v) is 0.895. The van der Waals surface area contributed by atoms with E-state index in [2.05, 4.69) is 0 Å². The molecule has 0 aromatic heterocycles. The van der Waals surface area contributed by atoms with Gasteiger partial charge < -0.3 is 15.3 Å². The van der Waals surface area contributed by atoms with Gasteiger partial charge in [0.15, 0.2) is 6.10 Å². The van der Waals surface area contributed by atoms with Gasteiger partial charge in [0.05, 0.1) is 6.61 Å². The van der Waals surface area contributed by atoms with E-state index >= 15 is 0 Å². The summed E-state index contributed by atoms with van der Waals surface area (Å²) in [6.45, 7) is -0.789. The predicted molar refractivity (Wildman–Crippen MR) is 29.9 cm³/mol. The maximum Gasteiger partial charge on any atom is 0.317 e. The molecule has 0 aromatic rings. The summed E-state index contributed by atoms with van der Waals surface area (Å²) in [4.78, 5) is 19.5. The molecule has 0 spiro atoms. The van der Waals surface area contributed by atoms with E-state index in [0.29, 0.717) is 0 Å². The zero-order chi connectivity index (χ0) is 8.15. The van der Waals surface area contributed by atoms with Crippen molar-refractivity contribution in [1.29, 1.82) is 0 Å².